The molecule has 1 heterocycles. The maximum atomic E-state index is 13.1. The van der Waals surface area contributed by atoms with Gasteiger partial charge >= 0.3 is 5.97 Å². The fourth-order valence-electron chi connectivity index (χ4n) is 3.82. The van der Waals surface area contributed by atoms with Gasteiger partial charge in [0.2, 0.25) is 0 Å². The number of carboxylic acid groups (broad SMARTS) is 1. The van der Waals surface area contributed by atoms with Crippen LogP contribution in [0.15, 0.2) is 78.4 Å². The van der Waals surface area contributed by atoms with Crippen molar-refractivity contribution in [3.63, 3.8) is 0 Å². The van der Waals surface area contributed by atoms with Crippen molar-refractivity contribution >= 4 is 29.1 Å². The Kier molecular flexibility index (Phi) is 5.36. The predicted octanol–water partition coefficient (Wildman–Crippen LogP) is 4.63. The lowest BCUT2D eigenvalue weighted by molar-refractivity contribution is -0.132. The number of Topliss-reactive ketones (excluding diaryl/α,β-unsaturated/α-hetero) is 1. The highest BCUT2D eigenvalue weighted by molar-refractivity contribution is 6.51. The van der Waals surface area contributed by atoms with Gasteiger partial charge in [-0.05, 0) is 37.6 Å². The van der Waals surface area contributed by atoms with Crippen LogP contribution in [0.2, 0.25) is 0 Å². The highest BCUT2D eigenvalue weighted by Gasteiger charge is 2.47. The maximum absolute atomic E-state index is 13.1. The van der Waals surface area contributed by atoms with E-state index in [1.54, 1.807) is 30.3 Å². The van der Waals surface area contributed by atoms with Crippen LogP contribution in [-0.2, 0) is 9.59 Å². The van der Waals surface area contributed by atoms with Crippen molar-refractivity contribution < 1.29 is 24.6 Å². The topological polar surface area (TPSA) is 94.9 Å². The molecule has 1 aliphatic rings. The summed E-state index contributed by atoms with van der Waals surface area (Å²) < 4.78 is 0. The van der Waals surface area contributed by atoms with Crippen LogP contribution >= 0.6 is 0 Å². The second-order valence-corrected chi connectivity index (χ2v) is 7.80. The van der Waals surface area contributed by atoms with Gasteiger partial charge in [-0.2, -0.15) is 0 Å². The van der Waals surface area contributed by atoms with Crippen LogP contribution in [0, 0.1) is 13.8 Å². The molecular formula is C26H21NO5. The Morgan fingerprint density at radius 2 is 1.41 bits per heavy atom. The number of carboxylic acids is 1. The van der Waals surface area contributed by atoms with Gasteiger partial charge < -0.3 is 10.2 Å². The van der Waals surface area contributed by atoms with Gasteiger partial charge in [-0.1, -0.05) is 65.7 Å². The summed E-state index contributed by atoms with van der Waals surface area (Å²) in [5, 5.41) is 20.5. The van der Waals surface area contributed by atoms with Crippen LogP contribution in [-0.4, -0.2) is 27.9 Å². The van der Waals surface area contributed by atoms with Crippen molar-refractivity contribution in [2.24, 2.45) is 0 Å². The number of rotatable bonds is 4. The largest absolute Gasteiger partial charge is 0.507 e. The Labute approximate surface area is 185 Å². The average Bonchev–Trinajstić information content (AvgIpc) is 3.05. The van der Waals surface area contributed by atoms with Gasteiger partial charge in [0, 0.05) is 11.3 Å². The number of anilines is 1. The van der Waals surface area contributed by atoms with E-state index in [9.17, 15) is 24.6 Å². The van der Waals surface area contributed by atoms with Gasteiger partial charge in [0.25, 0.3) is 11.7 Å². The molecule has 0 radical (unpaired) electrons. The lowest BCUT2D eigenvalue weighted by Crippen LogP contribution is -2.29. The summed E-state index contributed by atoms with van der Waals surface area (Å²) >= 11 is 0. The van der Waals surface area contributed by atoms with E-state index >= 15 is 0 Å². The number of ketones is 1. The standard InChI is InChI=1S/C26H21NO5/c1-15-6-10-17(11-7-15)22-21(23(28)18-12-8-16(2)9-13-18)24(29)25(30)27(22)20-5-3-4-19(14-20)26(31)32/h3-14,22,28H,1-2H3,(H,31,32)/b23-21+/t22-/m0/s1. The van der Waals surface area contributed by atoms with Crippen molar-refractivity contribution in [3.05, 3.63) is 106 Å². The second kappa shape index (κ2) is 8.15. The minimum Gasteiger partial charge on any atom is -0.507 e. The first-order valence-corrected chi connectivity index (χ1v) is 10.1. The molecule has 3 aromatic rings. The van der Waals surface area contributed by atoms with Crippen LogP contribution in [0.25, 0.3) is 5.76 Å². The molecule has 0 spiro atoms. The normalized spacial score (nSPS) is 17.6. The van der Waals surface area contributed by atoms with E-state index in [1.165, 1.54) is 23.1 Å². The molecule has 1 atom stereocenters. The number of aromatic carboxylic acids is 1. The van der Waals surface area contributed by atoms with E-state index in [1.807, 2.05) is 38.1 Å². The number of aliphatic hydroxyl groups excluding tert-OH is 1. The number of carbonyl (C=O) groups excluding carboxylic acids is 2. The Balaban J connectivity index is 1.94. The number of nitrogens with zero attached hydrogens (tertiary/aromatic N) is 1. The molecule has 0 bridgehead atoms. The van der Waals surface area contributed by atoms with Crippen LogP contribution < -0.4 is 4.90 Å². The van der Waals surface area contributed by atoms with Crippen molar-refractivity contribution in [1.82, 2.24) is 0 Å². The minimum absolute atomic E-state index is 0.00871. The van der Waals surface area contributed by atoms with Gasteiger partial charge in [0.1, 0.15) is 5.76 Å². The Morgan fingerprint density at radius 3 is 2.00 bits per heavy atom. The smallest absolute Gasteiger partial charge is 0.335 e. The van der Waals surface area contributed by atoms with Crippen LogP contribution in [0.4, 0.5) is 5.69 Å². The summed E-state index contributed by atoms with van der Waals surface area (Å²) in [5.41, 5.74) is 3.25. The van der Waals surface area contributed by atoms with Crippen LogP contribution in [0.1, 0.15) is 38.7 Å². The van der Waals surface area contributed by atoms with Gasteiger partial charge in [-0.25, -0.2) is 4.79 Å². The summed E-state index contributed by atoms with van der Waals surface area (Å²) in [6.45, 7) is 3.83. The first-order valence-electron chi connectivity index (χ1n) is 10.1. The highest BCUT2D eigenvalue weighted by Crippen LogP contribution is 2.42. The zero-order valence-corrected chi connectivity index (χ0v) is 17.6. The van der Waals surface area contributed by atoms with E-state index in [4.69, 9.17) is 0 Å². The molecule has 1 aliphatic heterocycles. The van der Waals surface area contributed by atoms with E-state index in [0.29, 0.717) is 11.1 Å². The molecular weight excluding hydrogens is 406 g/mol. The molecule has 4 rings (SSSR count). The minimum atomic E-state index is -1.14. The first kappa shape index (κ1) is 21.1. The third kappa shape index (κ3) is 3.67. The number of benzene rings is 3. The average molecular weight is 427 g/mol. The van der Waals surface area contributed by atoms with Crippen molar-refractivity contribution in [1.29, 1.82) is 0 Å². The quantitative estimate of drug-likeness (QED) is 0.360. The lowest BCUT2D eigenvalue weighted by atomic mass is 9.94. The van der Waals surface area contributed by atoms with E-state index in [2.05, 4.69) is 0 Å². The summed E-state index contributed by atoms with van der Waals surface area (Å²) in [6, 6.07) is 19.2. The molecule has 2 N–H and O–H groups in total. The van der Waals surface area contributed by atoms with Crippen molar-refractivity contribution in [2.45, 2.75) is 19.9 Å². The zero-order valence-electron chi connectivity index (χ0n) is 17.6. The Bertz CT molecular complexity index is 1260. The second-order valence-electron chi connectivity index (χ2n) is 7.80. The molecule has 0 saturated carbocycles. The zero-order chi connectivity index (χ0) is 23.0. The Hall–Kier alpha value is -4.19. The van der Waals surface area contributed by atoms with Gasteiger partial charge in [-0.3, -0.25) is 14.5 Å². The number of hydrogen-bond acceptors (Lipinski definition) is 4. The number of hydrogen-bond donors (Lipinski definition) is 2. The molecule has 160 valence electrons. The summed E-state index contributed by atoms with van der Waals surface area (Å²) in [5.74, 6) is -3.07. The van der Waals surface area contributed by atoms with Gasteiger partial charge in [0.15, 0.2) is 0 Å². The molecule has 1 amide bonds. The molecule has 32 heavy (non-hydrogen) atoms. The third-order valence-electron chi connectivity index (χ3n) is 5.53. The molecule has 6 nitrogen and oxygen atoms in total. The summed E-state index contributed by atoms with van der Waals surface area (Å²) in [7, 11) is 0. The molecule has 1 saturated heterocycles. The highest BCUT2D eigenvalue weighted by atomic mass is 16.4. The molecule has 3 aromatic carbocycles. The molecule has 0 aromatic heterocycles. The van der Waals surface area contributed by atoms with E-state index in [-0.39, 0.29) is 22.6 Å². The number of aryl methyl sites for hydroxylation is 2. The van der Waals surface area contributed by atoms with Crippen LogP contribution in [0.5, 0.6) is 0 Å². The van der Waals surface area contributed by atoms with Gasteiger partial charge in [0.05, 0.1) is 17.2 Å². The van der Waals surface area contributed by atoms with E-state index in [0.717, 1.165) is 11.1 Å². The summed E-state index contributed by atoms with van der Waals surface area (Å²) in [4.78, 5) is 39.0. The molecule has 6 heteroatoms. The number of aliphatic hydroxyl groups is 1. The molecule has 0 aliphatic carbocycles. The Morgan fingerprint density at radius 1 is 0.812 bits per heavy atom. The third-order valence-corrected chi connectivity index (χ3v) is 5.53. The van der Waals surface area contributed by atoms with Crippen LogP contribution in [0.3, 0.4) is 0 Å². The fraction of sp³-hybridized carbons (Fsp3) is 0.115. The molecule has 1 fully saturated rings. The lowest BCUT2D eigenvalue weighted by Gasteiger charge is -2.25. The predicted molar refractivity (Wildman–Crippen MR) is 121 cm³/mol. The van der Waals surface area contributed by atoms with Crippen molar-refractivity contribution in [3.8, 4) is 0 Å². The maximum Gasteiger partial charge on any atom is 0.335 e. The number of amides is 1. The van der Waals surface area contributed by atoms with Crippen molar-refractivity contribution in [2.75, 3.05) is 4.90 Å². The molecule has 0 unspecified atom stereocenters. The SMILES string of the molecule is Cc1ccc(/C(O)=C2\C(=O)C(=O)N(c3cccc(C(=O)O)c3)[C@H]2c2ccc(C)cc2)cc1. The summed E-state index contributed by atoms with van der Waals surface area (Å²) in [6.07, 6.45) is 0. The van der Waals surface area contributed by atoms with Gasteiger partial charge in [-0.15, -0.1) is 0 Å². The monoisotopic (exact) mass is 427 g/mol. The number of carbonyl (C=O) groups is 3. The van der Waals surface area contributed by atoms with E-state index < -0.39 is 23.7 Å². The fourth-order valence-corrected chi connectivity index (χ4v) is 3.82. The first-order chi connectivity index (χ1) is 15.3.